The Balaban J connectivity index is 0.000000358. The fourth-order valence-corrected chi connectivity index (χ4v) is 4.05. The van der Waals surface area contributed by atoms with Gasteiger partial charge in [-0.15, -0.1) is 0 Å². The van der Waals surface area contributed by atoms with Crippen molar-refractivity contribution in [2.45, 2.75) is 58.2 Å². The molecular weight excluding hydrogens is 490 g/mol. The van der Waals surface area contributed by atoms with Crippen molar-refractivity contribution >= 4 is 24.0 Å². The molecule has 2 atom stereocenters. The van der Waals surface area contributed by atoms with Gasteiger partial charge in [0.05, 0.1) is 0 Å². The average molecular weight is 528 g/mol. The first-order valence-corrected chi connectivity index (χ1v) is 12.4. The highest BCUT2D eigenvalue weighted by atomic mass is 16.5. The van der Waals surface area contributed by atoms with Crippen LogP contribution in [0.25, 0.3) is 11.1 Å². The molecule has 0 aliphatic heterocycles. The highest BCUT2D eigenvalue weighted by Gasteiger charge is 2.23. The van der Waals surface area contributed by atoms with Crippen molar-refractivity contribution in [3.05, 3.63) is 59.2 Å². The van der Waals surface area contributed by atoms with E-state index >= 15 is 0 Å². The van der Waals surface area contributed by atoms with Crippen molar-refractivity contribution in [2.24, 2.45) is 17.4 Å². The number of amides is 1. The third-order valence-electron chi connectivity index (χ3n) is 5.93. The number of hydrogen-bond donors (Lipinski definition) is 7. The lowest BCUT2D eigenvalue weighted by atomic mass is 10.0. The Morgan fingerprint density at radius 2 is 1.74 bits per heavy atom. The predicted molar refractivity (Wildman–Crippen MR) is 144 cm³/mol. The number of nitrogens with two attached hydrogens (primary N) is 2. The molecule has 0 radical (unpaired) electrons. The molecular formula is C27H37N5O6. The molecule has 0 spiro atoms. The van der Waals surface area contributed by atoms with Crippen molar-refractivity contribution in [3.63, 3.8) is 0 Å². The Morgan fingerprint density at radius 3 is 2.37 bits per heavy atom. The van der Waals surface area contributed by atoms with Crippen LogP contribution in [0, 0.1) is 11.3 Å². The van der Waals surface area contributed by atoms with Crippen molar-refractivity contribution in [1.82, 2.24) is 10.6 Å². The SMILES string of the molecule is CC(C)CC(NC(=O)OCc1cccc2c1Cc1ccccc1-2)C(=O)O.N=C(N)NCCCC(N)C(=O)O. The molecule has 1 aliphatic rings. The second-order valence-electron chi connectivity index (χ2n) is 9.45. The van der Waals surface area contributed by atoms with Gasteiger partial charge in [0, 0.05) is 6.54 Å². The zero-order chi connectivity index (χ0) is 28.2. The van der Waals surface area contributed by atoms with E-state index in [2.05, 4.69) is 28.8 Å². The zero-order valence-corrected chi connectivity index (χ0v) is 21.7. The van der Waals surface area contributed by atoms with E-state index in [1.54, 1.807) is 0 Å². The van der Waals surface area contributed by atoms with E-state index in [1.165, 1.54) is 22.3 Å². The topological polar surface area (TPSA) is 201 Å². The molecule has 1 aliphatic carbocycles. The van der Waals surface area contributed by atoms with Crippen LogP contribution in [0.2, 0.25) is 0 Å². The molecule has 0 heterocycles. The molecule has 0 saturated heterocycles. The maximum Gasteiger partial charge on any atom is 0.408 e. The van der Waals surface area contributed by atoms with Crippen molar-refractivity contribution in [1.29, 1.82) is 5.41 Å². The van der Waals surface area contributed by atoms with Gasteiger partial charge < -0.3 is 37.1 Å². The molecule has 0 bridgehead atoms. The van der Waals surface area contributed by atoms with Crippen molar-refractivity contribution in [3.8, 4) is 11.1 Å². The van der Waals surface area contributed by atoms with Gasteiger partial charge in [0.1, 0.15) is 18.7 Å². The summed E-state index contributed by atoms with van der Waals surface area (Å²) in [6, 6.07) is 12.5. The van der Waals surface area contributed by atoms with E-state index in [1.807, 2.05) is 38.1 Å². The third kappa shape index (κ3) is 9.40. The molecule has 11 heteroatoms. The standard InChI is InChI=1S/C21H23NO4.C6H14N4O2/c1-13(2)10-19(20(23)24)22-21(25)26-12-15-7-5-9-17-16-8-4-3-6-14(16)11-18(15)17;7-4(5(11)12)2-1-3-10-6(8)9/h3-9,13,19H,10-12H2,1-2H3,(H,22,25)(H,23,24);4H,1-3,7H2,(H,11,12)(H4,8,9,10). The summed E-state index contributed by atoms with van der Waals surface area (Å²) in [5, 5.41) is 29.4. The molecule has 2 aromatic rings. The molecule has 2 unspecified atom stereocenters. The molecule has 206 valence electrons. The molecule has 2 aromatic carbocycles. The fourth-order valence-electron chi connectivity index (χ4n) is 4.05. The van der Waals surface area contributed by atoms with Crippen LogP contribution < -0.4 is 22.1 Å². The number of nitrogens with one attached hydrogen (secondary N) is 3. The Bertz CT molecular complexity index is 1140. The molecule has 0 aromatic heterocycles. The van der Waals surface area contributed by atoms with Gasteiger partial charge in [0.25, 0.3) is 0 Å². The number of rotatable bonds is 11. The molecule has 11 nitrogen and oxygen atoms in total. The first-order valence-electron chi connectivity index (χ1n) is 12.4. The summed E-state index contributed by atoms with van der Waals surface area (Å²) in [7, 11) is 0. The number of alkyl carbamates (subject to hydrolysis) is 1. The summed E-state index contributed by atoms with van der Waals surface area (Å²) < 4.78 is 5.30. The smallest absolute Gasteiger partial charge is 0.408 e. The van der Waals surface area contributed by atoms with Gasteiger partial charge in [0.15, 0.2) is 5.96 Å². The molecule has 9 N–H and O–H groups in total. The highest BCUT2D eigenvalue weighted by Crippen LogP contribution is 2.38. The molecule has 3 rings (SSSR count). The number of fused-ring (bicyclic) bond motifs is 3. The summed E-state index contributed by atoms with van der Waals surface area (Å²) in [5.41, 5.74) is 16.0. The number of aliphatic carboxylic acids is 2. The van der Waals surface area contributed by atoms with Gasteiger partial charge in [-0.2, -0.15) is 0 Å². The Labute approximate surface area is 222 Å². The fraction of sp³-hybridized carbons (Fsp3) is 0.407. The van der Waals surface area contributed by atoms with E-state index in [4.69, 9.17) is 26.7 Å². The van der Waals surface area contributed by atoms with E-state index in [0.717, 1.165) is 12.0 Å². The van der Waals surface area contributed by atoms with Crippen LogP contribution in [-0.2, 0) is 27.4 Å². The normalized spacial score (nSPS) is 12.7. The van der Waals surface area contributed by atoms with Gasteiger partial charge in [0.2, 0.25) is 0 Å². The maximum atomic E-state index is 12.0. The Morgan fingerprint density at radius 1 is 1.05 bits per heavy atom. The minimum Gasteiger partial charge on any atom is -0.480 e. The number of carboxylic acids is 2. The van der Waals surface area contributed by atoms with Gasteiger partial charge in [-0.25, -0.2) is 9.59 Å². The summed E-state index contributed by atoms with van der Waals surface area (Å²) in [4.78, 5) is 33.5. The quantitative estimate of drug-likeness (QED) is 0.111. The largest absolute Gasteiger partial charge is 0.480 e. The number of hydrogen-bond acceptors (Lipinski definition) is 6. The summed E-state index contributed by atoms with van der Waals surface area (Å²) in [5.74, 6) is -2.00. The Hall–Kier alpha value is -4.12. The van der Waals surface area contributed by atoms with Crippen molar-refractivity contribution < 1.29 is 29.3 Å². The number of ether oxygens (including phenoxy) is 1. The third-order valence-corrected chi connectivity index (χ3v) is 5.93. The first kappa shape index (κ1) is 30.1. The predicted octanol–water partition coefficient (Wildman–Crippen LogP) is 2.64. The van der Waals surface area contributed by atoms with Crippen molar-refractivity contribution in [2.75, 3.05) is 6.54 Å². The van der Waals surface area contributed by atoms with Crippen LogP contribution in [-0.4, -0.2) is 52.8 Å². The second-order valence-corrected chi connectivity index (χ2v) is 9.45. The molecule has 0 fully saturated rings. The number of carbonyl (C=O) groups excluding carboxylic acids is 1. The minimum absolute atomic E-state index is 0.112. The first-order chi connectivity index (χ1) is 18.0. The van der Waals surface area contributed by atoms with Crippen LogP contribution in [0.1, 0.15) is 49.8 Å². The lowest BCUT2D eigenvalue weighted by Crippen LogP contribution is -2.41. The van der Waals surface area contributed by atoms with E-state index < -0.39 is 30.1 Å². The lowest BCUT2D eigenvalue weighted by Gasteiger charge is -2.17. The van der Waals surface area contributed by atoms with E-state index in [9.17, 15) is 19.5 Å². The van der Waals surface area contributed by atoms with Crippen LogP contribution in [0.4, 0.5) is 4.79 Å². The van der Waals surface area contributed by atoms with Crippen LogP contribution in [0.3, 0.4) is 0 Å². The zero-order valence-electron chi connectivity index (χ0n) is 21.7. The van der Waals surface area contributed by atoms with Gasteiger partial charge in [-0.3, -0.25) is 10.2 Å². The van der Waals surface area contributed by atoms with Gasteiger partial charge in [-0.1, -0.05) is 56.3 Å². The van der Waals surface area contributed by atoms with Gasteiger partial charge in [-0.05, 0) is 59.4 Å². The molecule has 1 amide bonds. The number of carboxylic acid groups (broad SMARTS) is 2. The molecule has 38 heavy (non-hydrogen) atoms. The monoisotopic (exact) mass is 527 g/mol. The highest BCUT2D eigenvalue weighted by molar-refractivity contribution is 5.80. The molecule has 0 saturated carbocycles. The average Bonchev–Trinajstić information content (AvgIpc) is 3.24. The minimum atomic E-state index is -1.05. The van der Waals surface area contributed by atoms with Gasteiger partial charge >= 0.3 is 18.0 Å². The van der Waals surface area contributed by atoms with Crippen LogP contribution in [0.15, 0.2) is 42.5 Å². The van der Waals surface area contributed by atoms with Crippen LogP contribution in [0.5, 0.6) is 0 Å². The number of benzene rings is 2. The van der Waals surface area contributed by atoms with Crippen LogP contribution >= 0.6 is 0 Å². The second kappa shape index (κ2) is 14.6. The summed E-state index contributed by atoms with van der Waals surface area (Å²) >= 11 is 0. The lowest BCUT2D eigenvalue weighted by molar-refractivity contribution is -0.140. The number of guanidine groups is 1. The Kier molecular flexibility index (Phi) is 11.5. The summed E-state index contributed by atoms with van der Waals surface area (Å²) in [6.07, 6.45) is 1.45. The van der Waals surface area contributed by atoms with E-state index in [0.29, 0.717) is 25.8 Å². The maximum absolute atomic E-state index is 12.0. The summed E-state index contributed by atoms with van der Waals surface area (Å²) in [6.45, 7) is 4.43. The van der Waals surface area contributed by atoms with E-state index in [-0.39, 0.29) is 18.5 Å². The number of carbonyl (C=O) groups is 3.